The molecule has 1 aromatic heterocycles. The van der Waals surface area contributed by atoms with Gasteiger partial charge >= 0.3 is 5.97 Å². The van der Waals surface area contributed by atoms with Gasteiger partial charge in [-0.3, -0.25) is 4.79 Å². The van der Waals surface area contributed by atoms with Crippen molar-refractivity contribution in [2.45, 2.75) is 0 Å². The maximum atomic E-state index is 10.9. The summed E-state index contributed by atoms with van der Waals surface area (Å²) in [5.74, 6) is 0.0702. The Hall–Kier alpha value is -2.17. The predicted molar refractivity (Wildman–Crippen MR) is 60.0 cm³/mol. The van der Waals surface area contributed by atoms with E-state index >= 15 is 0 Å². The van der Waals surface area contributed by atoms with E-state index in [-0.39, 0.29) is 12.5 Å². The molecule has 1 N–H and O–H groups in total. The number of aromatic nitrogens is 2. The first-order valence-corrected chi connectivity index (χ1v) is 4.82. The van der Waals surface area contributed by atoms with Gasteiger partial charge in [0.15, 0.2) is 0 Å². The number of esters is 1. The van der Waals surface area contributed by atoms with Crippen LogP contribution in [0.3, 0.4) is 0 Å². The summed E-state index contributed by atoms with van der Waals surface area (Å²) in [5.41, 5.74) is 0.838. The van der Waals surface area contributed by atoms with Gasteiger partial charge in [-0.15, -0.1) is 0 Å². The second-order valence-electron chi connectivity index (χ2n) is 3.18. The molecule has 0 saturated heterocycles. The number of hydrogen-bond acceptors (Lipinski definition) is 5. The summed E-state index contributed by atoms with van der Waals surface area (Å²) >= 11 is 0. The number of ether oxygens (including phenoxy) is 1. The van der Waals surface area contributed by atoms with Gasteiger partial charge in [0.2, 0.25) is 5.95 Å². The Bertz CT molecular complexity index is 513. The molecule has 0 spiro atoms. The number of carbonyl (C=O) groups excluding carboxylic acids is 1. The first-order chi connectivity index (χ1) is 7.79. The Morgan fingerprint density at radius 1 is 1.44 bits per heavy atom. The first kappa shape index (κ1) is 10.4. The van der Waals surface area contributed by atoms with Crippen molar-refractivity contribution in [1.82, 2.24) is 9.97 Å². The van der Waals surface area contributed by atoms with Crippen LogP contribution in [0, 0.1) is 0 Å². The van der Waals surface area contributed by atoms with Crippen LogP contribution in [0.5, 0.6) is 0 Å². The van der Waals surface area contributed by atoms with E-state index in [2.05, 4.69) is 20.0 Å². The lowest BCUT2D eigenvalue weighted by Gasteiger charge is -2.03. The molecule has 2 aromatic rings. The van der Waals surface area contributed by atoms with Crippen molar-refractivity contribution >= 4 is 22.8 Å². The van der Waals surface area contributed by atoms with Crippen LogP contribution >= 0.6 is 0 Å². The zero-order valence-corrected chi connectivity index (χ0v) is 8.80. The highest BCUT2D eigenvalue weighted by atomic mass is 16.5. The number of nitrogens with zero attached hydrogens (tertiary/aromatic N) is 2. The number of methoxy groups -OCH3 is 1. The Morgan fingerprint density at radius 3 is 3.06 bits per heavy atom. The fourth-order valence-electron chi connectivity index (χ4n) is 1.28. The van der Waals surface area contributed by atoms with Crippen molar-refractivity contribution in [2.24, 2.45) is 0 Å². The van der Waals surface area contributed by atoms with Crippen molar-refractivity contribution in [1.29, 1.82) is 0 Å². The quantitative estimate of drug-likeness (QED) is 0.783. The molecular formula is C11H11N3O2. The molecule has 0 aliphatic rings. The van der Waals surface area contributed by atoms with Crippen LogP contribution in [0.2, 0.25) is 0 Å². The molecule has 0 aliphatic heterocycles. The molecule has 0 amide bonds. The second-order valence-corrected chi connectivity index (χ2v) is 3.18. The van der Waals surface area contributed by atoms with Gasteiger partial charge in [0.1, 0.15) is 6.54 Å². The summed E-state index contributed by atoms with van der Waals surface area (Å²) in [5, 5.41) is 3.75. The molecule has 0 radical (unpaired) electrons. The van der Waals surface area contributed by atoms with Crippen LogP contribution in [-0.4, -0.2) is 29.6 Å². The maximum Gasteiger partial charge on any atom is 0.325 e. The minimum absolute atomic E-state index is 0.0643. The molecule has 0 bridgehead atoms. The van der Waals surface area contributed by atoms with Gasteiger partial charge in [-0.2, -0.15) is 0 Å². The van der Waals surface area contributed by atoms with Crippen LogP contribution in [-0.2, 0) is 9.53 Å². The SMILES string of the molecule is COC(=O)CNc1ncc2ccccc2n1. The summed E-state index contributed by atoms with van der Waals surface area (Å²) in [4.78, 5) is 19.2. The number of fused-ring (bicyclic) bond motifs is 1. The van der Waals surface area contributed by atoms with Crippen molar-refractivity contribution in [3.63, 3.8) is 0 Å². The van der Waals surface area contributed by atoms with E-state index in [1.54, 1.807) is 6.20 Å². The lowest BCUT2D eigenvalue weighted by molar-refractivity contribution is -0.138. The number of hydrogen-bond donors (Lipinski definition) is 1. The molecule has 0 aliphatic carbocycles. The van der Waals surface area contributed by atoms with Crippen molar-refractivity contribution in [2.75, 3.05) is 19.0 Å². The highest BCUT2D eigenvalue weighted by Crippen LogP contribution is 2.11. The van der Waals surface area contributed by atoms with E-state index in [4.69, 9.17) is 0 Å². The van der Waals surface area contributed by atoms with Crippen LogP contribution < -0.4 is 5.32 Å². The summed E-state index contributed by atoms with van der Waals surface area (Å²) in [7, 11) is 1.34. The lowest BCUT2D eigenvalue weighted by atomic mass is 10.2. The normalized spacial score (nSPS) is 10.1. The lowest BCUT2D eigenvalue weighted by Crippen LogP contribution is -2.16. The Balaban J connectivity index is 2.16. The number of para-hydroxylation sites is 1. The van der Waals surface area contributed by atoms with E-state index in [1.807, 2.05) is 24.3 Å². The average Bonchev–Trinajstić information content (AvgIpc) is 2.35. The largest absolute Gasteiger partial charge is 0.468 e. The smallest absolute Gasteiger partial charge is 0.325 e. The highest BCUT2D eigenvalue weighted by molar-refractivity contribution is 5.79. The number of rotatable bonds is 3. The zero-order chi connectivity index (χ0) is 11.4. The van der Waals surface area contributed by atoms with Crippen LogP contribution in [0.15, 0.2) is 30.5 Å². The average molecular weight is 217 g/mol. The number of benzene rings is 1. The molecule has 1 aromatic carbocycles. The maximum absolute atomic E-state index is 10.9. The zero-order valence-electron chi connectivity index (χ0n) is 8.80. The molecule has 1 heterocycles. The number of carbonyl (C=O) groups is 1. The molecule has 0 fully saturated rings. The summed E-state index contributed by atoms with van der Waals surface area (Å²) in [6, 6.07) is 7.65. The van der Waals surface area contributed by atoms with E-state index in [0.717, 1.165) is 10.9 Å². The Kier molecular flexibility index (Phi) is 2.95. The van der Waals surface area contributed by atoms with Gasteiger partial charge < -0.3 is 10.1 Å². The number of nitrogens with one attached hydrogen (secondary N) is 1. The van der Waals surface area contributed by atoms with Crippen molar-refractivity contribution in [3.8, 4) is 0 Å². The summed E-state index contributed by atoms with van der Waals surface area (Å²) in [6.07, 6.45) is 1.71. The van der Waals surface area contributed by atoms with Gasteiger partial charge in [-0.1, -0.05) is 18.2 Å². The third-order valence-corrected chi connectivity index (χ3v) is 2.11. The van der Waals surface area contributed by atoms with Gasteiger partial charge in [-0.05, 0) is 6.07 Å². The monoisotopic (exact) mass is 217 g/mol. The topological polar surface area (TPSA) is 64.1 Å². The van der Waals surface area contributed by atoms with Crippen molar-refractivity contribution in [3.05, 3.63) is 30.5 Å². The van der Waals surface area contributed by atoms with Gasteiger partial charge in [0.05, 0.1) is 12.6 Å². The molecule has 0 saturated carbocycles. The van der Waals surface area contributed by atoms with E-state index in [0.29, 0.717) is 5.95 Å². The number of anilines is 1. The van der Waals surface area contributed by atoms with E-state index in [9.17, 15) is 4.79 Å². The molecule has 0 unspecified atom stereocenters. The minimum atomic E-state index is -0.350. The molecule has 5 nitrogen and oxygen atoms in total. The van der Waals surface area contributed by atoms with Crippen LogP contribution in [0.25, 0.3) is 10.9 Å². The first-order valence-electron chi connectivity index (χ1n) is 4.82. The molecule has 2 rings (SSSR count). The molecular weight excluding hydrogens is 206 g/mol. The van der Waals surface area contributed by atoms with Crippen LogP contribution in [0.1, 0.15) is 0 Å². The third kappa shape index (κ3) is 2.25. The van der Waals surface area contributed by atoms with Gasteiger partial charge in [0.25, 0.3) is 0 Å². The Labute approximate surface area is 92.5 Å². The Morgan fingerprint density at radius 2 is 2.25 bits per heavy atom. The third-order valence-electron chi connectivity index (χ3n) is 2.11. The molecule has 5 heteroatoms. The fraction of sp³-hybridized carbons (Fsp3) is 0.182. The van der Waals surface area contributed by atoms with Crippen molar-refractivity contribution < 1.29 is 9.53 Å². The predicted octanol–water partition coefficient (Wildman–Crippen LogP) is 1.21. The second kappa shape index (κ2) is 4.57. The van der Waals surface area contributed by atoms with Gasteiger partial charge in [0, 0.05) is 11.6 Å². The summed E-state index contributed by atoms with van der Waals surface area (Å²) < 4.78 is 4.50. The van der Waals surface area contributed by atoms with Gasteiger partial charge in [-0.25, -0.2) is 9.97 Å². The van der Waals surface area contributed by atoms with Crippen LogP contribution in [0.4, 0.5) is 5.95 Å². The summed E-state index contributed by atoms with van der Waals surface area (Å²) in [6.45, 7) is 0.0643. The molecule has 0 atom stereocenters. The standard InChI is InChI=1S/C11H11N3O2/c1-16-10(15)7-13-11-12-6-8-4-2-3-5-9(8)14-11/h2-6H,7H2,1H3,(H,12,13,14). The van der Waals surface area contributed by atoms with E-state index in [1.165, 1.54) is 7.11 Å². The minimum Gasteiger partial charge on any atom is -0.468 e. The fourth-order valence-corrected chi connectivity index (χ4v) is 1.28. The highest BCUT2D eigenvalue weighted by Gasteiger charge is 2.02. The van der Waals surface area contributed by atoms with E-state index < -0.39 is 0 Å². The molecule has 16 heavy (non-hydrogen) atoms. The molecule has 82 valence electrons.